The van der Waals surface area contributed by atoms with E-state index in [0.29, 0.717) is 5.15 Å². The van der Waals surface area contributed by atoms with Gasteiger partial charge in [-0.3, -0.25) is 0 Å². The number of hydrogen-bond acceptors (Lipinski definition) is 3. The summed E-state index contributed by atoms with van der Waals surface area (Å²) in [6.07, 6.45) is 1.58. The fourth-order valence-corrected chi connectivity index (χ4v) is 0.991. The zero-order chi connectivity index (χ0) is 9.14. The van der Waals surface area contributed by atoms with Crippen molar-refractivity contribution in [3.05, 3.63) is 28.5 Å². The van der Waals surface area contributed by atoms with E-state index in [1.165, 1.54) is 0 Å². The highest BCUT2D eigenvalue weighted by Gasteiger charge is 2.05. The highest BCUT2D eigenvalue weighted by molar-refractivity contribution is 6.30. The largest absolute Gasteiger partial charge is 0.394 e. The molecule has 1 rings (SSSR count). The molecule has 1 aromatic heterocycles. The van der Waals surface area contributed by atoms with Crippen molar-refractivity contribution < 1.29 is 5.11 Å². The summed E-state index contributed by atoms with van der Waals surface area (Å²) in [5, 5.41) is 9.24. The molecule has 0 aliphatic rings. The molecule has 3 N–H and O–H groups in total. The topological polar surface area (TPSA) is 59.1 Å². The lowest BCUT2D eigenvalue weighted by molar-refractivity contribution is 0.268. The molecule has 0 fully saturated rings. The first-order valence-electron chi connectivity index (χ1n) is 3.63. The molecule has 0 radical (unpaired) electrons. The zero-order valence-electron chi connectivity index (χ0n) is 6.79. The maximum absolute atomic E-state index is 8.76. The fourth-order valence-electron chi connectivity index (χ4n) is 0.888. The number of nitrogens with two attached hydrogens (primary N) is 1. The summed E-state index contributed by atoms with van der Waals surface area (Å²) in [5.74, 6) is 0. The Morgan fingerprint density at radius 3 is 2.92 bits per heavy atom. The number of aromatic nitrogens is 1. The molecule has 0 saturated carbocycles. The van der Waals surface area contributed by atoms with Crippen molar-refractivity contribution in [2.75, 3.05) is 6.61 Å². The molecule has 66 valence electrons. The Morgan fingerprint density at radius 2 is 2.42 bits per heavy atom. The molecule has 0 amide bonds. The van der Waals surface area contributed by atoms with Crippen LogP contribution in [0, 0.1) is 6.92 Å². The van der Waals surface area contributed by atoms with E-state index in [9.17, 15) is 0 Å². The molecular formula is C8H11ClN2O. The van der Waals surface area contributed by atoms with Crippen LogP contribution in [0.3, 0.4) is 0 Å². The summed E-state index contributed by atoms with van der Waals surface area (Å²) in [6, 6.07) is 1.46. The Labute approximate surface area is 76.2 Å². The normalized spacial score (nSPS) is 13.0. The zero-order valence-corrected chi connectivity index (χ0v) is 7.54. The predicted molar refractivity (Wildman–Crippen MR) is 48.0 cm³/mol. The summed E-state index contributed by atoms with van der Waals surface area (Å²) in [6.45, 7) is 1.77. The molecule has 0 aliphatic carbocycles. The quantitative estimate of drug-likeness (QED) is 0.679. The van der Waals surface area contributed by atoms with Crippen LogP contribution < -0.4 is 5.73 Å². The van der Waals surface area contributed by atoms with E-state index in [2.05, 4.69) is 4.98 Å². The van der Waals surface area contributed by atoms with Crippen molar-refractivity contribution in [3.8, 4) is 0 Å². The second-order valence-corrected chi connectivity index (χ2v) is 3.02. The van der Waals surface area contributed by atoms with Gasteiger partial charge in [-0.2, -0.15) is 0 Å². The van der Waals surface area contributed by atoms with Crippen LogP contribution >= 0.6 is 11.6 Å². The molecule has 12 heavy (non-hydrogen) atoms. The molecule has 0 bridgehead atoms. The Bertz CT molecular complexity index is 278. The number of nitrogens with zero attached hydrogens (tertiary/aromatic N) is 1. The molecule has 4 heteroatoms. The lowest BCUT2D eigenvalue weighted by atomic mass is 10.1. The lowest BCUT2D eigenvalue weighted by Crippen LogP contribution is -2.14. The first-order chi connectivity index (χ1) is 5.65. The number of pyridine rings is 1. The average Bonchev–Trinajstić information content (AvgIpc) is 2.08. The van der Waals surface area contributed by atoms with Gasteiger partial charge >= 0.3 is 0 Å². The maximum Gasteiger partial charge on any atom is 0.131 e. The van der Waals surface area contributed by atoms with Crippen LogP contribution in [0.5, 0.6) is 0 Å². The van der Waals surface area contributed by atoms with Crippen LogP contribution in [0.4, 0.5) is 0 Å². The van der Waals surface area contributed by atoms with E-state index in [0.717, 1.165) is 11.1 Å². The summed E-state index contributed by atoms with van der Waals surface area (Å²) in [5.41, 5.74) is 7.26. The number of aliphatic hydroxyl groups excluding tert-OH is 1. The van der Waals surface area contributed by atoms with E-state index >= 15 is 0 Å². The molecule has 0 aliphatic heterocycles. The van der Waals surface area contributed by atoms with E-state index < -0.39 is 0 Å². The van der Waals surface area contributed by atoms with Crippen LogP contribution in [0.25, 0.3) is 0 Å². The minimum atomic E-state index is -0.367. The summed E-state index contributed by atoms with van der Waals surface area (Å²) in [7, 11) is 0. The van der Waals surface area contributed by atoms with Crippen molar-refractivity contribution in [1.29, 1.82) is 0 Å². The first kappa shape index (κ1) is 9.45. The van der Waals surface area contributed by atoms with Gasteiger partial charge in [-0.15, -0.1) is 0 Å². The van der Waals surface area contributed by atoms with Crippen LogP contribution in [-0.4, -0.2) is 16.7 Å². The molecular weight excluding hydrogens is 176 g/mol. The molecule has 1 atom stereocenters. The molecule has 1 aromatic rings. The Morgan fingerprint density at radius 1 is 1.75 bits per heavy atom. The van der Waals surface area contributed by atoms with Gasteiger partial charge in [-0.05, 0) is 24.1 Å². The molecule has 1 unspecified atom stereocenters. The minimum absolute atomic E-state index is 0.0806. The molecule has 1 heterocycles. The fraction of sp³-hybridized carbons (Fsp3) is 0.375. The second-order valence-electron chi connectivity index (χ2n) is 2.67. The third-order valence-corrected chi connectivity index (χ3v) is 2.06. The van der Waals surface area contributed by atoms with E-state index in [4.69, 9.17) is 22.4 Å². The number of halogens is 1. The van der Waals surface area contributed by atoms with Gasteiger partial charge in [0.1, 0.15) is 5.15 Å². The highest BCUT2D eigenvalue weighted by Crippen LogP contribution is 2.16. The van der Waals surface area contributed by atoms with Crippen molar-refractivity contribution >= 4 is 11.6 Å². The number of aryl methyl sites for hydroxylation is 1. The number of aliphatic hydroxyl groups is 1. The first-order valence-corrected chi connectivity index (χ1v) is 4.01. The Kier molecular flexibility index (Phi) is 3.03. The predicted octanol–water partition coefficient (Wildman–Crippen LogP) is 1.04. The van der Waals surface area contributed by atoms with Gasteiger partial charge in [0.05, 0.1) is 12.6 Å². The van der Waals surface area contributed by atoms with E-state index in [1.807, 2.05) is 13.0 Å². The Balaban J connectivity index is 2.96. The van der Waals surface area contributed by atoms with Crippen molar-refractivity contribution in [2.45, 2.75) is 13.0 Å². The lowest BCUT2D eigenvalue weighted by Gasteiger charge is -2.08. The average molecular weight is 187 g/mol. The monoisotopic (exact) mass is 186 g/mol. The van der Waals surface area contributed by atoms with Crippen molar-refractivity contribution in [3.63, 3.8) is 0 Å². The maximum atomic E-state index is 8.76. The third-order valence-electron chi connectivity index (χ3n) is 1.66. The van der Waals surface area contributed by atoms with Gasteiger partial charge in [-0.1, -0.05) is 11.6 Å². The molecule has 0 aromatic carbocycles. The number of hydrogen-bond donors (Lipinski definition) is 2. The third kappa shape index (κ3) is 1.94. The van der Waals surface area contributed by atoms with E-state index in [-0.39, 0.29) is 12.6 Å². The van der Waals surface area contributed by atoms with E-state index in [1.54, 1.807) is 6.20 Å². The second kappa shape index (κ2) is 3.85. The minimum Gasteiger partial charge on any atom is -0.394 e. The van der Waals surface area contributed by atoms with Gasteiger partial charge in [0.15, 0.2) is 0 Å². The van der Waals surface area contributed by atoms with Crippen molar-refractivity contribution in [2.24, 2.45) is 5.73 Å². The van der Waals surface area contributed by atoms with Gasteiger partial charge in [0.25, 0.3) is 0 Å². The Hall–Kier alpha value is -0.640. The summed E-state index contributed by atoms with van der Waals surface area (Å²) in [4.78, 5) is 3.92. The van der Waals surface area contributed by atoms with Gasteiger partial charge < -0.3 is 10.8 Å². The highest BCUT2D eigenvalue weighted by atomic mass is 35.5. The van der Waals surface area contributed by atoms with Gasteiger partial charge in [-0.25, -0.2) is 4.98 Å². The molecule has 0 saturated heterocycles. The molecule has 3 nitrogen and oxygen atoms in total. The van der Waals surface area contributed by atoms with Crippen molar-refractivity contribution in [1.82, 2.24) is 4.98 Å². The summed E-state index contributed by atoms with van der Waals surface area (Å²) < 4.78 is 0. The van der Waals surface area contributed by atoms with Crippen LogP contribution in [0.1, 0.15) is 17.2 Å². The summed E-state index contributed by atoms with van der Waals surface area (Å²) >= 11 is 5.71. The van der Waals surface area contributed by atoms with Crippen LogP contribution in [0.15, 0.2) is 12.3 Å². The number of rotatable bonds is 2. The SMILES string of the molecule is Cc1cc(C(N)CO)cnc1Cl. The smallest absolute Gasteiger partial charge is 0.131 e. The molecule has 0 spiro atoms. The standard InChI is InChI=1S/C8H11ClN2O/c1-5-2-6(7(10)4-12)3-11-8(5)9/h2-3,7,12H,4,10H2,1H3. The van der Waals surface area contributed by atoms with Crippen LogP contribution in [0.2, 0.25) is 5.15 Å². The van der Waals surface area contributed by atoms with Gasteiger partial charge in [0, 0.05) is 6.20 Å². The van der Waals surface area contributed by atoms with Gasteiger partial charge in [0.2, 0.25) is 0 Å². The van der Waals surface area contributed by atoms with Crippen LogP contribution in [-0.2, 0) is 0 Å².